The summed E-state index contributed by atoms with van der Waals surface area (Å²) in [6.07, 6.45) is 0.277. The van der Waals surface area contributed by atoms with Gasteiger partial charge in [0.15, 0.2) is 0 Å². The number of nitrogens with one attached hydrogen (secondary N) is 1. The molecule has 134 valence electrons. The highest BCUT2D eigenvalue weighted by atomic mass is 79.9. The van der Waals surface area contributed by atoms with E-state index >= 15 is 0 Å². The van der Waals surface area contributed by atoms with Crippen LogP contribution in [0.1, 0.15) is 24.9 Å². The molecule has 0 aromatic heterocycles. The van der Waals surface area contributed by atoms with Crippen LogP contribution in [0.2, 0.25) is 0 Å². The van der Waals surface area contributed by atoms with Gasteiger partial charge in [-0.25, -0.2) is 9.69 Å². The first-order valence-corrected chi connectivity index (χ1v) is 9.46. The van der Waals surface area contributed by atoms with Gasteiger partial charge in [-0.1, -0.05) is 15.9 Å². The zero-order chi connectivity index (χ0) is 18.3. The van der Waals surface area contributed by atoms with E-state index in [0.29, 0.717) is 5.69 Å². The van der Waals surface area contributed by atoms with E-state index in [1.165, 1.54) is 24.0 Å². The molecule has 0 radical (unpaired) electrons. The lowest BCUT2D eigenvalue weighted by Crippen LogP contribution is -2.54. The van der Waals surface area contributed by atoms with Crippen molar-refractivity contribution in [3.63, 3.8) is 0 Å². The summed E-state index contributed by atoms with van der Waals surface area (Å²) in [4.78, 5) is 39.9. The minimum Gasteiger partial charge on any atom is -0.468 e. The number of ether oxygens (including phenoxy) is 1. The van der Waals surface area contributed by atoms with Gasteiger partial charge >= 0.3 is 12.0 Å². The number of esters is 1. The van der Waals surface area contributed by atoms with Gasteiger partial charge in [0.25, 0.3) is 0 Å². The average Bonchev–Trinajstić information content (AvgIpc) is 3.01. The minimum atomic E-state index is -0.572. The number of carbonyl (C=O) groups excluding carboxylic acids is 3. The molecule has 2 heterocycles. The molecule has 2 aliphatic heterocycles. The molecule has 3 rings (SSSR count). The van der Waals surface area contributed by atoms with E-state index in [2.05, 4.69) is 20.7 Å². The Kier molecular flexibility index (Phi) is 5.08. The second-order valence-corrected chi connectivity index (χ2v) is 7.89. The van der Waals surface area contributed by atoms with Crippen LogP contribution >= 0.6 is 27.9 Å². The summed E-state index contributed by atoms with van der Waals surface area (Å²) in [7, 11) is 3.02. The molecule has 3 unspecified atom stereocenters. The Morgan fingerprint density at radius 2 is 2.16 bits per heavy atom. The standard InChI is InChI=1S/C16H18BrN3O4S/c1-8-6-12(21)20(16(23)19(8)2)9-4-5-11-10(7-9)14(18-25-11)13(17)15(22)24-3/h4-5,7-8,13-14,18H,6H2,1-3H3. The van der Waals surface area contributed by atoms with Gasteiger partial charge in [-0.05, 0) is 42.6 Å². The number of urea groups is 1. The number of hydrogen-bond donors (Lipinski definition) is 1. The Balaban J connectivity index is 1.95. The number of anilines is 1. The monoisotopic (exact) mass is 427 g/mol. The highest BCUT2D eigenvalue weighted by Gasteiger charge is 2.38. The van der Waals surface area contributed by atoms with Crippen molar-refractivity contribution in [1.82, 2.24) is 9.62 Å². The molecule has 0 bridgehead atoms. The molecule has 1 aromatic rings. The molecule has 0 spiro atoms. The first-order chi connectivity index (χ1) is 11.8. The van der Waals surface area contributed by atoms with Gasteiger partial charge in [-0.15, -0.1) is 0 Å². The van der Waals surface area contributed by atoms with Crippen molar-refractivity contribution in [3.8, 4) is 0 Å². The lowest BCUT2D eigenvalue weighted by molar-refractivity contribution is -0.140. The molecule has 1 N–H and O–H groups in total. The highest BCUT2D eigenvalue weighted by Crippen LogP contribution is 2.41. The van der Waals surface area contributed by atoms with Crippen molar-refractivity contribution in [3.05, 3.63) is 23.8 Å². The first-order valence-electron chi connectivity index (χ1n) is 7.73. The van der Waals surface area contributed by atoms with Crippen molar-refractivity contribution in [1.29, 1.82) is 0 Å². The zero-order valence-electron chi connectivity index (χ0n) is 14.0. The SMILES string of the molecule is COC(=O)C(Br)C1NSc2ccc(N3C(=O)CC(C)N(C)C3=O)cc21. The topological polar surface area (TPSA) is 79.0 Å². The summed E-state index contributed by atoms with van der Waals surface area (Å²) in [6, 6.07) is 4.58. The molecule has 25 heavy (non-hydrogen) atoms. The van der Waals surface area contributed by atoms with E-state index in [0.717, 1.165) is 10.5 Å². The van der Waals surface area contributed by atoms with Crippen molar-refractivity contribution >= 4 is 51.5 Å². The molecule has 0 aliphatic carbocycles. The van der Waals surface area contributed by atoms with Gasteiger partial charge < -0.3 is 9.64 Å². The maximum absolute atomic E-state index is 12.5. The summed E-state index contributed by atoms with van der Waals surface area (Å²) in [5, 5.41) is 0. The molecule has 9 heteroatoms. The summed E-state index contributed by atoms with van der Waals surface area (Å²) in [5.41, 5.74) is 1.35. The Labute approximate surface area is 158 Å². The molecule has 1 saturated heterocycles. The Hall–Kier alpha value is -1.58. The first kappa shape index (κ1) is 18.2. The minimum absolute atomic E-state index is 0.123. The second-order valence-electron chi connectivity index (χ2n) is 6.02. The maximum atomic E-state index is 12.5. The predicted octanol–water partition coefficient (Wildman–Crippen LogP) is 2.45. The summed E-state index contributed by atoms with van der Waals surface area (Å²) < 4.78 is 7.96. The fraction of sp³-hybridized carbons (Fsp3) is 0.438. The van der Waals surface area contributed by atoms with Gasteiger partial charge in [-0.3, -0.25) is 14.3 Å². The number of amides is 3. The Morgan fingerprint density at radius 3 is 2.84 bits per heavy atom. The smallest absolute Gasteiger partial charge is 0.331 e. The molecule has 7 nitrogen and oxygen atoms in total. The second kappa shape index (κ2) is 6.97. The van der Waals surface area contributed by atoms with Crippen LogP contribution < -0.4 is 9.62 Å². The summed E-state index contributed by atoms with van der Waals surface area (Å²) in [6.45, 7) is 1.85. The summed E-state index contributed by atoms with van der Waals surface area (Å²) >= 11 is 4.76. The third kappa shape index (κ3) is 3.16. The molecule has 1 fully saturated rings. The number of hydrogen-bond acceptors (Lipinski definition) is 6. The normalized spacial score (nSPS) is 24.3. The van der Waals surface area contributed by atoms with Crippen molar-refractivity contribution in [2.24, 2.45) is 0 Å². The van der Waals surface area contributed by atoms with Crippen LogP contribution in [0.3, 0.4) is 0 Å². The number of benzene rings is 1. The van der Waals surface area contributed by atoms with Crippen molar-refractivity contribution in [2.45, 2.75) is 35.2 Å². The molecule has 0 saturated carbocycles. The largest absolute Gasteiger partial charge is 0.468 e. The molecular formula is C16H18BrN3O4S. The van der Waals surface area contributed by atoms with Crippen LogP contribution in [0, 0.1) is 0 Å². The average molecular weight is 428 g/mol. The van der Waals surface area contributed by atoms with E-state index in [1.807, 2.05) is 13.0 Å². The van der Waals surface area contributed by atoms with Crippen LogP contribution in [-0.2, 0) is 14.3 Å². The number of rotatable bonds is 3. The molecule has 1 aromatic carbocycles. The molecule has 3 atom stereocenters. The number of nitrogens with zero attached hydrogens (tertiary/aromatic N) is 2. The highest BCUT2D eigenvalue weighted by molar-refractivity contribution is 9.10. The van der Waals surface area contributed by atoms with E-state index in [4.69, 9.17) is 4.74 Å². The Morgan fingerprint density at radius 1 is 1.44 bits per heavy atom. The zero-order valence-corrected chi connectivity index (χ0v) is 16.4. The quantitative estimate of drug-likeness (QED) is 0.453. The van der Waals surface area contributed by atoms with E-state index in [1.54, 1.807) is 24.1 Å². The molecule has 3 amide bonds. The number of fused-ring (bicyclic) bond motifs is 1. The number of halogens is 1. The van der Waals surface area contributed by atoms with Gasteiger partial charge in [0.05, 0.1) is 18.8 Å². The summed E-state index contributed by atoms with van der Waals surface area (Å²) in [5.74, 6) is -0.621. The number of alkyl halides is 1. The van der Waals surface area contributed by atoms with Crippen LogP contribution in [0.5, 0.6) is 0 Å². The number of imide groups is 1. The van der Waals surface area contributed by atoms with Crippen molar-refractivity contribution < 1.29 is 19.1 Å². The van der Waals surface area contributed by atoms with E-state index in [-0.39, 0.29) is 30.4 Å². The lowest BCUT2D eigenvalue weighted by Gasteiger charge is -2.36. The Bertz CT molecular complexity index is 744. The lowest BCUT2D eigenvalue weighted by atomic mass is 10.0. The maximum Gasteiger partial charge on any atom is 0.331 e. The van der Waals surface area contributed by atoms with Gasteiger partial charge in [0.1, 0.15) is 4.83 Å². The third-order valence-electron chi connectivity index (χ3n) is 4.48. The van der Waals surface area contributed by atoms with Crippen LogP contribution in [-0.4, -0.2) is 47.8 Å². The van der Waals surface area contributed by atoms with Crippen LogP contribution in [0.4, 0.5) is 10.5 Å². The van der Waals surface area contributed by atoms with Gasteiger partial charge in [0, 0.05) is 24.4 Å². The fourth-order valence-electron chi connectivity index (χ4n) is 2.86. The third-order valence-corrected chi connectivity index (χ3v) is 6.34. The van der Waals surface area contributed by atoms with Crippen LogP contribution in [0.25, 0.3) is 0 Å². The van der Waals surface area contributed by atoms with Crippen LogP contribution in [0.15, 0.2) is 23.1 Å². The number of methoxy groups -OCH3 is 1. The molecule has 2 aliphatic rings. The predicted molar refractivity (Wildman–Crippen MR) is 97.6 cm³/mol. The van der Waals surface area contributed by atoms with Gasteiger partial charge in [0.2, 0.25) is 5.91 Å². The number of carbonyl (C=O) groups is 3. The van der Waals surface area contributed by atoms with E-state index in [9.17, 15) is 14.4 Å². The van der Waals surface area contributed by atoms with Gasteiger partial charge in [-0.2, -0.15) is 0 Å². The molecular weight excluding hydrogens is 410 g/mol. The van der Waals surface area contributed by atoms with E-state index < -0.39 is 10.8 Å². The van der Waals surface area contributed by atoms with Crippen molar-refractivity contribution in [2.75, 3.05) is 19.1 Å². The fourth-order valence-corrected chi connectivity index (χ4v) is 4.59.